The van der Waals surface area contributed by atoms with Gasteiger partial charge in [-0.2, -0.15) is 0 Å². The molecule has 18 heavy (non-hydrogen) atoms. The Bertz CT molecular complexity index is 425. The molecular formula is C14H21N2O2-. The summed E-state index contributed by atoms with van der Waals surface area (Å²) in [6.07, 6.45) is 3.19. The fourth-order valence-corrected chi connectivity index (χ4v) is 1.86. The summed E-state index contributed by atoms with van der Waals surface area (Å²) in [6.45, 7) is 11.6. The van der Waals surface area contributed by atoms with E-state index in [-0.39, 0.29) is 5.41 Å². The first-order valence-corrected chi connectivity index (χ1v) is 6.07. The molecule has 0 amide bonds. The molecule has 4 heteroatoms. The van der Waals surface area contributed by atoms with E-state index < -0.39 is 17.3 Å². The predicted octanol–water partition coefficient (Wildman–Crippen LogP) is 1.65. The lowest BCUT2D eigenvalue weighted by atomic mass is 9.77. The van der Waals surface area contributed by atoms with Crippen LogP contribution in [-0.2, 0) is 10.2 Å². The van der Waals surface area contributed by atoms with Crippen LogP contribution in [0.4, 0.5) is 0 Å². The van der Waals surface area contributed by atoms with E-state index in [1.807, 2.05) is 41.5 Å². The van der Waals surface area contributed by atoms with Crippen molar-refractivity contribution in [2.24, 2.45) is 5.41 Å². The van der Waals surface area contributed by atoms with Gasteiger partial charge in [0.25, 0.3) is 0 Å². The second-order valence-electron chi connectivity index (χ2n) is 6.71. The number of hydrogen-bond acceptors (Lipinski definition) is 4. The zero-order valence-electron chi connectivity index (χ0n) is 11.9. The fraction of sp³-hybridized carbons (Fsp3) is 0.643. The van der Waals surface area contributed by atoms with Crippen molar-refractivity contribution in [1.29, 1.82) is 0 Å². The summed E-state index contributed by atoms with van der Waals surface area (Å²) in [4.78, 5) is 19.8. The van der Waals surface area contributed by atoms with Crippen LogP contribution in [0.15, 0.2) is 12.4 Å². The standard InChI is InChI=1S/C14H22N2O2/c1-13(2,3)10(11(17)18)9-7-15-12(16-8-9)14(4,5)6/h7-8,10H,1-6H3,(H,17,18)/p-1. The number of carbonyl (C=O) groups is 1. The topological polar surface area (TPSA) is 65.9 Å². The first-order valence-electron chi connectivity index (χ1n) is 6.07. The van der Waals surface area contributed by atoms with Crippen molar-refractivity contribution in [2.45, 2.75) is 52.9 Å². The van der Waals surface area contributed by atoms with Crippen LogP contribution in [-0.4, -0.2) is 15.9 Å². The number of rotatable bonds is 2. The van der Waals surface area contributed by atoms with Gasteiger partial charge in [0.1, 0.15) is 5.82 Å². The van der Waals surface area contributed by atoms with E-state index >= 15 is 0 Å². The largest absolute Gasteiger partial charge is 0.549 e. The molecule has 0 radical (unpaired) electrons. The number of hydrogen-bond donors (Lipinski definition) is 0. The van der Waals surface area contributed by atoms with E-state index in [0.29, 0.717) is 11.4 Å². The van der Waals surface area contributed by atoms with Gasteiger partial charge >= 0.3 is 0 Å². The second-order valence-corrected chi connectivity index (χ2v) is 6.71. The van der Waals surface area contributed by atoms with Gasteiger partial charge < -0.3 is 9.90 Å². The zero-order chi connectivity index (χ0) is 14.1. The summed E-state index contributed by atoms with van der Waals surface area (Å²) in [5.41, 5.74) is 0.0263. The Labute approximate surface area is 108 Å². The molecule has 1 rings (SSSR count). The molecule has 0 bridgehead atoms. The van der Waals surface area contributed by atoms with E-state index in [2.05, 4.69) is 9.97 Å². The molecular weight excluding hydrogens is 228 g/mol. The summed E-state index contributed by atoms with van der Waals surface area (Å²) in [5.74, 6) is -1.08. The molecule has 0 fully saturated rings. The van der Waals surface area contributed by atoms with Crippen LogP contribution in [0.3, 0.4) is 0 Å². The molecule has 1 atom stereocenters. The second kappa shape index (κ2) is 4.67. The third-order valence-corrected chi connectivity index (χ3v) is 2.78. The third kappa shape index (κ3) is 3.28. The van der Waals surface area contributed by atoms with E-state index in [4.69, 9.17) is 0 Å². The van der Waals surface area contributed by atoms with Crippen LogP contribution in [0.1, 0.15) is 58.8 Å². The van der Waals surface area contributed by atoms with E-state index in [1.54, 1.807) is 12.4 Å². The number of carboxylic acid groups (broad SMARTS) is 1. The minimum atomic E-state index is -1.09. The van der Waals surface area contributed by atoms with Crippen molar-refractivity contribution in [1.82, 2.24) is 9.97 Å². The maximum atomic E-state index is 11.3. The molecule has 1 aromatic rings. The average Bonchev–Trinajstić information content (AvgIpc) is 2.13. The van der Waals surface area contributed by atoms with Gasteiger partial charge in [0.15, 0.2) is 0 Å². The van der Waals surface area contributed by atoms with Crippen LogP contribution in [0.5, 0.6) is 0 Å². The number of carbonyl (C=O) groups excluding carboxylic acids is 1. The molecule has 0 aliphatic rings. The van der Waals surface area contributed by atoms with Gasteiger partial charge in [-0.3, -0.25) is 0 Å². The van der Waals surface area contributed by atoms with Gasteiger partial charge in [-0.15, -0.1) is 0 Å². The molecule has 0 N–H and O–H groups in total. The molecule has 0 aliphatic carbocycles. The van der Waals surface area contributed by atoms with Crippen LogP contribution in [0.2, 0.25) is 0 Å². The van der Waals surface area contributed by atoms with E-state index in [0.717, 1.165) is 0 Å². The number of carboxylic acids is 1. The van der Waals surface area contributed by atoms with Crippen LogP contribution < -0.4 is 5.11 Å². The lowest BCUT2D eigenvalue weighted by Crippen LogP contribution is -2.37. The highest BCUT2D eigenvalue weighted by molar-refractivity contribution is 5.74. The lowest BCUT2D eigenvalue weighted by Gasteiger charge is -2.31. The first kappa shape index (κ1) is 14.6. The smallest absolute Gasteiger partial charge is 0.133 e. The highest BCUT2D eigenvalue weighted by Gasteiger charge is 2.28. The molecule has 0 saturated heterocycles. The predicted molar refractivity (Wildman–Crippen MR) is 67.9 cm³/mol. The molecule has 4 nitrogen and oxygen atoms in total. The van der Waals surface area contributed by atoms with Gasteiger partial charge in [-0.05, 0) is 11.0 Å². The Hall–Kier alpha value is -1.45. The summed E-state index contributed by atoms with van der Waals surface area (Å²) in [5, 5.41) is 11.3. The average molecular weight is 249 g/mol. The van der Waals surface area contributed by atoms with Crippen molar-refractivity contribution in [2.75, 3.05) is 0 Å². The Balaban J connectivity index is 3.14. The van der Waals surface area contributed by atoms with Crippen molar-refractivity contribution < 1.29 is 9.90 Å². The maximum absolute atomic E-state index is 11.3. The first-order chi connectivity index (χ1) is 8.03. The quantitative estimate of drug-likeness (QED) is 0.799. The fourth-order valence-electron chi connectivity index (χ4n) is 1.86. The van der Waals surface area contributed by atoms with E-state index in [1.165, 1.54) is 0 Å². The number of nitrogens with zero attached hydrogens (tertiary/aromatic N) is 2. The lowest BCUT2D eigenvalue weighted by molar-refractivity contribution is -0.310. The Morgan fingerprint density at radius 2 is 1.56 bits per heavy atom. The molecule has 1 heterocycles. The van der Waals surface area contributed by atoms with Gasteiger partial charge in [-0.1, -0.05) is 41.5 Å². The molecule has 1 aromatic heterocycles. The molecule has 1 unspecified atom stereocenters. The van der Waals surface area contributed by atoms with Crippen molar-refractivity contribution in [3.05, 3.63) is 23.8 Å². The zero-order valence-corrected chi connectivity index (χ0v) is 11.9. The summed E-state index contributed by atoms with van der Waals surface area (Å²) in [7, 11) is 0. The van der Waals surface area contributed by atoms with Gasteiger partial charge in [-0.25, -0.2) is 9.97 Å². The Morgan fingerprint density at radius 3 is 1.83 bits per heavy atom. The summed E-state index contributed by atoms with van der Waals surface area (Å²) >= 11 is 0. The van der Waals surface area contributed by atoms with Crippen molar-refractivity contribution in [3.63, 3.8) is 0 Å². The normalized spacial score (nSPS) is 14.3. The van der Waals surface area contributed by atoms with Gasteiger partial charge in [0.05, 0.1) is 0 Å². The van der Waals surface area contributed by atoms with Gasteiger partial charge in [0.2, 0.25) is 0 Å². The Kier molecular flexibility index (Phi) is 3.79. The SMILES string of the molecule is CC(C)(C)c1ncc(C(C(=O)[O-])C(C)(C)C)cn1. The van der Waals surface area contributed by atoms with Crippen LogP contribution in [0.25, 0.3) is 0 Å². The molecule has 100 valence electrons. The third-order valence-electron chi connectivity index (χ3n) is 2.78. The molecule has 0 aromatic carbocycles. The minimum absolute atomic E-state index is 0.142. The van der Waals surface area contributed by atoms with Crippen molar-refractivity contribution >= 4 is 5.97 Å². The van der Waals surface area contributed by atoms with Crippen LogP contribution >= 0.6 is 0 Å². The van der Waals surface area contributed by atoms with Crippen LogP contribution in [0, 0.1) is 5.41 Å². The highest BCUT2D eigenvalue weighted by Crippen LogP contribution is 2.34. The number of aromatic nitrogens is 2. The summed E-state index contributed by atoms with van der Waals surface area (Å²) < 4.78 is 0. The van der Waals surface area contributed by atoms with E-state index in [9.17, 15) is 9.90 Å². The number of aliphatic carboxylic acids is 1. The maximum Gasteiger partial charge on any atom is 0.133 e. The molecule has 0 saturated carbocycles. The molecule has 0 aliphatic heterocycles. The van der Waals surface area contributed by atoms with Gasteiger partial charge in [0, 0.05) is 29.7 Å². The minimum Gasteiger partial charge on any atom is -0.549 e. The highest BCUT2D eigenvalue weighted by atomic mass is 16.4. The monoisotopic (exact) mass is 249 g/mol. The summed E-state index contributed by atoms with van der Waals surface area (Å²) in [6, 6.07) is 0. The Morgan fingerprint density at radius 1 is 1.11 bits per heavy atom. The van der Waals surface area contributed by atoms with Crippen molar-refractivity contribution in [3.8, 4) is 0 Å². The molecule has 0 spiro atoms.